The topological polar surface area (TPSA) is 40.2 Å². The average Bonchev–Trinajstić information content (AvgIpc) is 2.45. The van der Waals surface area contributed by atoms with Gasteiger partial charge in [0, 0.05) is 63.6 Å². The van der Waals surface area contributed by atoms with E-state index in [-0.39, 0.29) is 0 Å². The first-order valence-electron chi connectivity index (χ1n) is 6.91. The van der Waals surface area contributed by atoms with Crippen LogP contribution in [0.25, 0.3) is 0 Å². The van der Waals surface area contributed by atoms with Crippen LogP contribution < -0.4 is 10.6 Å². The molecule has 4 heteroatoms. The van der Waals surface area contributed by atoms with Gasteiger partial charge in [0.2, 0.25) is 0 Å². The van der Waals surface area contributed by atoms with E-state index in [0.717, 1.165) is 32.6 Å². The van der Waals surface area contributed by atoms with Gasteiger partial charge in [0.15, 0.2) is 0 Å². The molecule has 0 spiro atoms. The number of nitrogens with one attached hydrogen (secondary N) is 2. The van der Waals surface area contributed by atoms with Crippen molar-refractivity contribution in [2.75, 3.05) is 39.3 Å². The summed E-state index contributed by atoms with van der Waals surface area (Å²) in [6.45, 7) is 8.96. The van der Waals surface area contributed by atoms with E-state index in [2.05, 4.69) is 33.5 Å². The van der Waals surface area contributed by atoms with E-state index in [1.165, 1.54) is 18.8 Å². The first kappa shape index (κ1) is 13.5. The Morgan fingerprint density at radius 2 is 2.22 bits per heavy atom. The number of hydrogen-bond acceptors (Lipinski definition) is 4. The molecule has 0 aliphatic carbocycles. The maximum atomic E-state index is 4.33. The molecule has 1 aliphatic rings. The molecule has 1 atom stereocenters. The van der Waals surface area contributed by atoms with Crippen molar-refractivity contribution in [2.45, 2.75) is 19.4 Å². The SMILES string of the molecule is CC(CNCCc1ccccn1)N1CCNCC1. The molecule has 1 aliphatic heterocycles. The summed E-state index contributed by atoms with van der Waals surface area (Å²) in [5.41, 5.74) is 1.17. The Labute approximate surface area is 110 Å². The monoisotopic (exact) mass is 248 g/mol. The lowest BCUT2D eigenvalue weighted by atomic mass is 10.2. The fraction of sp³-hybridized carbons (Fsp3) is 0.643. The van der Waals surface area contributed by atoms with Crippen LogP contribution in [0.5, 0.6) is 0 Å². The molecule has 2 N–H and O–H groups in total. The minimum absolute atomic E-state index is 0.621. The number of piperazine rings is 1. The molecule has 1 fully saturated rings. The van der Waals surface area contributed by atoms with Crippen molar-refractivity contribution >= 4 is 0 Å². The zero-order valence-electron chi connectivity index (χ0n) is 11.2. The minimum Gasteiger partial charge on any atom is -0.315 e. The fourth-order valence-corrected chi connectivity index (χ4v) is 2.33. The molecule has 0 amide bonds. The van der Waals surface area contributed by atoms with E-state index in [0.29, 0.717) is 6.04 Å². The molecule has 1 aromatic rings. The Bertz CT molecular complexity index is 322. The number of rotatable bonds is 6. The van der Waals surface area contributed by atoms with E-state index in [4.69, 9.17) is 0 Å². The molecule has 2 heterocycles. The summed E-state index contributed by atoms with van der Waals surface area (Å²) in [6.07, 6.45) is 2.87. The molecule has 0 saturated carbocycles. The first-order chi connectivity index (χ1) is 8.86. The van der Waals surface area contributed by atoms with Crippen molar-refractivity contribution in [3.63, 3.8) is 0 Å². The van der Waals surface area contributed by atoms with Crippen LogP contribution >= 0.6 is 0 Å². The van der Waals surface area contributed by atoms with Crippen molar-refractivity contribution < 1.29 is 0 Å². The predicted octanol–water partition coefficient (Wildman–Crippen LogP) is 0.507. The highest BCUT2D eigenvalue weighted by molar-refractivity contribution is 5.03. The van der Waals surface area contributed by atoms with Crippen LogP contribution in [-0.4, -0.2) is 55.2 Å². The highest BCUT2D eigenvalue weighted by Crippen LogP contribution is 2.00. The van der Waals surface area contributed by atoms with Crippen molar-refractivity contribution in [3.8, 4) is 0 Å². The minimum atomic E-state index is 0.621. The normalized spacial score (nSPS) is 18.7. The fourth-order valence-electron chi connectivity index (χ4n) is 2.33. The maximum absolute atomic E-state index is 4.33. The van der Waals surface area contributed by atoms with Crippen LogP contribution in [0.2, 0.25) is 0 Å². The molecule has 1 saturated heterocycles. The molecular formula is C14H24N4. The van der Waals surface area contributed by atoms with Gasteiger partial charge in [-0.1, -0.05) is 6.07 Å². The Hall–Kier alpha value is -0.970. The molecule has 1 unspecified atom stereocenters. The summed E-state index contributed by atoms with van der Waals surface area (Å²) in [6, 6.07) is 6.71. The highest BCUT2D eigenvalue weighted by atomic mass is 15.2. The molecule has 2 rings (SSSR count). The molecule has 4 nitrogen and oxygen atoms in total. The van der Waals surface area contributed by atoms with Crippen molar-refractivity contribution in [2.24, 2.45) is 0 Å². The lowest BCUT2D eigenvalue weighted by Gasteiger charge is -2.32. The third-order valence-corrected chi connectivity index (χ3v) is 3.50. The molecule has 0 bridgehead atoms. The quantitative estimate of drug-likeness (QED) is 0.720. The molecule has 100 valence electrons. The first-order valence-corrected chi connectivity index (χ1v) is 6.91. The standard InChI is InChI=1S/C14H24N4/c1-13(18-10-8-15-9-11-18)12-16-7-5-14-4-2-3-6-17-14/h2-4,6,13,15-16H,5,7-12H2,1H3. The smallest absolute Gasteiger partial charge is 0.0416 e. The van der Waals surface area contributed by atoms with Crippen LogP contribution in [0.4, 0.5) is 0 Å². The average molecular weight is 248 g/mol. The summed E-state index contributed by atoms with van der Waals surface area (Å²) in [4.78, 5) is 6.87. The number of aromatic nitrogens is 1. The van der Waals surface area contributed by atoms with E-state index in [1.807, 2.05) is 18.3 Å². The van der Waals surface area contributed by atoms with E-state index in [9.17, 15) is 0 Å². The summed E-state index contributed by atoms with van der Waals surface area (Å²) in [5, 5.41) is 6.92. The van der Waals surface area contributed by atoms with Crippen molar-refractivity contribution in [1.82, 2.24) is 20.5 Å². The summed E-state index contributed by atoms with van der Waals surface area (Å²) >= 11 is 0. The summed E-state index contributed by atoms with van der Waals surface area (Å²) in [5.74, 6) is 0. The molecule has 18 heavy (non-hydrogen) atoms. The zero-order chi connectivity index (χ0) is 12.6. The van der Waals surface area contributed by atoms with Gasteiger partial charge in [-0.05, 0) is 19.1 Å². The molecular weight excluding hydrogens is 224 g/mol. The number of nitrogens with zero attached hydrogens (tertiary/aromatic N) is 2. The lowest BCUT2D eigenvalue weighted by Crippen LogP contribution is -2.50. The second-order valence-electron chi connectivity index (χ2n) is 4.91. The van der Waals surface area contributed by atoms with Crippen molar-refractivity contribution in [1.29, 1.82) is 0 Å². The Morgan fingerprint density at radius 3 is 2.94 bits per heavy atom. The van der Waals surface area contributed by atoms with E-state index < -0.39 is 0 Å². The Balaban J connectivity index is 1.60. The van der Waals surface area contributed by atoms with Gasteiger partial charge >= 0.3 is 0 Å². The number of pyridine rings is 1. The van der Waals surface area contributed by atoms with Gasteiger partial charge in [-0.25, -0.2) is 0 Å². The lowest BCUT2D eigenvalue weighted by molar-refractivity contribution is 0.181. The van der Waals surface area contributed by atoms with E-state index in [1.54, 1.807) is 0 Å². The maximum Gasteiger partial charge on any atom is 0.0416 e. The Kier molecular flexibility index (Phi) is 5.58. The van der Waals surface area contributed by atoms with Gasteiger partial charge < -0.3 is 10.6 Å². The highest BCUT2D eigenvalue weighted by Gasteiger charge is 2.15. The third kappa shape index (κ3) is 4.37. The van der Waals surface area contributed by atoms with Crippen LogP contribution in [0.3, 0.4) is 0 Å². The molecule has 0 aromatic carbocycles. The number of hydrogen-bond donors (Lipinski definition) is 2. The van der Waals surface area contributed by atoms with Gasteiger partial charge in [-0.2, -0.15) is 0 Å². The van der Waals surface area contributed by atoms with Crippen LogP contribution in [-0.2, 0) is 6.42 Å². The Morgan fingerprint density at radius 1 is 1.39 bits per heavy atom. The van der Waals surface area contributed by atoms with Crippen LogP contribution in [0, 0.1) is 0 Å². The van der Waals surface area contributed by atoms with Crippen LogP contribution in [0.1, 0.15) is 12.6 Å². The predicted molar refractivity (Wildman–Crippen MR) is 74.7 cm³/mol. The largest absolute Gasteiger partial charge is 0.315 e. The summed E-state index contributed by atoms with van der Waals surface area (Å²) in [7, 11) is 0. The second-order valence-corrected chi connectivity index (χ2v) is 4.91. The van der Waals surface area contributed by atoms with Gasteiger partial charge in [0.1, 0.15) is 0 Å². The zero-order valence-corrected chi connectivity index (χ0v) is 11.2. The van der Waals surface area contributed by atoms with E-state index >= 15 is 0 Å². The van der Waals surface area contributed by atoms with Crippen LogP contribution in [0.15, 0.2) is 24.4 Å². The molecule has 0 radical (unpaired) electrons. The van der Waals surface area contributed by atoms with Crippen molar-refractivity contribution in [3.05, 3.63) is 30.1 Å². The van der Waals surface area contributed by atoms with Gasteiger partial charge in [-0.15, -0.1) is 0 Å². The van der Waals surface area contributed by atoms with Gasteiger partial charge in [-0.3, -0.25) is 9.88 Å². The second kappa shape index (κ2) is 7.46. The van der Waals surface area contributed by atoms with Gasteiger partial charge in [0.25, 0.3) is 0 Å². The molecule has 1 aromatic heterocycles. The van der Waals surface area contributed by atoms with Gasteiger partial charge in [0.05, 0.1) is 0 Å². The third-order valence-electron chi connectivity index (χ3n) is 3.50. The summed E-state index contributed by atoms with van der Waals surface area (Å²) < 4.78 is 0.